The van der Waals surface area contributed by atoms with E-state index in [4.69, 9.17) is 0 Å². The molecule has 1 atom stereocenters. The second-order valence-corrected chi connectivity index (χ2v) is 6.16. The number of hydrogen-bond donors (Lipinski definition) is 1. The van der Waals surface area contributed by atoms with E-state index in [0.29, 0.717) is 6.04 Å². The maximum Gasteiger partial charge on any atom is 0.146 e. The topological polar surface area (TPSA) is 15.3 Å². The van der Waals surface area contributed by atoms with Crippen molar-refractivity contribution in [3.8, 4) is 0 Å². The molecule has 20 heavy (non-hydrogen) atoms. The van der Waals surface area contributed by atoms with E-state index in [1.165, 1.54) is 25.7 Å². The molecule has 3 heteroatoms. The molecule has 0 saturated carbocycles. The molecule has 0 radical (unpaired) electrons. The second kappa shape index (κ2) is 7.07. The summed E-state index contributed by atoms with van der Waals surface area (Å²) in [6.07, 6.45) is 4.89. The number of rotatable bonds is 4. The molecule has 1 aliphatic rings. The smallest absolute Gasteiger partial charge is 0.146 e. The Morgan fingerprint density at radius 2 is 1.70 bits per heavy atom. The van der Waals surface area contributed by atoms with E-state index in [0.717, 1.165) is 24.3 Å². The summed E-state index contributed by atoms with van der Waals surface area (Å²) in [6.45, 7) is 8.27. The lowest BCUT2D eigenvalue weighted by Gasteiger charge is -2.24. The van der Waals surface area contributed by atoms with Crippen molar-refractivity contribution in [2.45, 2.75) is 58.5 Å². The standard InChI is InChI=1S/C17H27FN2/c1-13(2)19-14(3)15-8-9-17(16(18)12-15)20-10-6-4-5-7-11-20/h8-9,12-14,19H,4-7,10-11H2,1-3H3/t14-/m1/s1. The van der Waals surface area contributed by atoms with Gasteiger partial charge in [-0.05, 0) is 37.5 Å². The fraction of sp³-hybridized carbons (Fsp3) is 0.647. The fourth-order valence-electron chi connectivity index (χ4n) is 2.96. The first-order valence-electron chi connectivity index (χ1n) is 7.88. The van der Waals surface area contributed by atoms with Crippen LogP contribution in [0.3, 0.4) is 0 Å². The van der Waals surface area contributed by atoms with Gasteiger partial charge in [0.1, 0.15) is 5.82 Å². The molecular formula is C17H27FN2. The van der Waals surface area contributed by atoms with Crippen LogP contribution in [-0.4, -0.2) is 19.1 Å². The van der Waals surface area contributed by atoms with Gasteiger partial charge in [-0.2, -0.15) is 0 Å². The van der Waals surface area contributed by atoms with Gasteiger partial charge in [0.25, 0.3) is 0 Å². The molecule has 0 amide bonds. The van der Waals surface area contributed by atoms with Crippen LogP contribution in [0.5, 0.6) is 0 Å². The van der Waals surface area contributed by atoms with Crippen LogP contribution < -0.4 is 10.2 Å². The van der Waals surface area contributed by atoms with Crippen LogP contribution in [0.2, 0.25) is 0 Å². The van der Waals surface area contributed by atoms with E-state index < -0.39 is 0 Å². The molecule has 1 fully saturated rings. The molecule has 1 aliphatic heterocycles. The molecule has 112 valence electrons. The van der Waals surface area contributed by atoms with E-state index in [-0.39, 0.29) is 11.9 Å². The number of nitrogens with zero attached hydrogens (tertiary/aromatic N) is 1. The third-order valence-corrected chi connectivity index (χ3v) is 4.00. The van der Waals surface area contributed by atoms with Gasteiger partial charge in [0.15, 0.2) is 0 Å². The van der Waals surface area contributed by atoms with Crippen LogP contribution in [0.1, 0.15) is 58.1 Å². The first kappa shape index (κ1) is 15.3. The van der Waals surface area contributed by atoms with Crippen LogP contribution in [0.15, 0.2) is 18.2 Å². The van der Waals surface area contributed by atoms with Gasteiger partial charge >= 0.3 is 0 Å². The first-order valence-corrected chi connectivity index (χ1v) is 7.88. The summed E-state index contributed by atoms with van der Waals surface area (Å²) in [5.41, 5.74) is 1.79. The van der Waals surface area contributed by atoms with Gasteiger partial charge in [-0.1, -0.05) is 32.8 Å². The van der Waals surface area contributed by atoms with Crippen LogP contribution in [0, 0.1) is 5.82 Å². The average molecular weight is 278 g/mol. The molecule has 0 spiro atoms. The zero-order valence-corrected chi connectivity index (χ0v) is 13.0. The van der Waals surface area contributed by atoms with Gasteiger partial charge < -0.3 is 10.2 Å². The maximum atomic E-state index is 14.4. The molecule has 2 rings (SSSR count). The Morgan fingerprint density at radius 1 is 1.05 bits per heavy atom. The molecule has 1 N–H and O–H groups in total. The van der Waals surface area contributed by atoms with Crippen LogP contribution >= 0.6 is 0 Å². The molecular weight excluding hydrogens is 251 g/mol. The van der Waals surface area contributed by atoms with Crippen molar-refractivity contribution in [1.29, 1.82) is 0 Å². The van der Waals surface area contributed by atoms with Crippen LogP contribution in [0.25, 0.3) is 0 Å². The van der Waals surface area contributed by atoms with Crippen molar-refractivity contribution in [1.82, 2.24) is 5.32 Å². The molecule has 0 unspecified atom stereocenters. The summed E-state index contributed by atoms with van der Waals surface area (Å²) in [4.78, 5) is 2.20. The van der Waals surface area contributed by atoms with Crippen molar-refractivity contribution in [2.75, 3.05) is 18.0 Å². The Balaban J connectivity index is 2.12. The number of benzene rings is 1. The van der Waals surface area contributed by atoms with Gasteiger partial charge in [0.05, 0.1) is 5.69 Å². The van der Waals surface area contributed by atoms with E-state index in [9.17, 15) is 4.39 Å². The molecule has 0 bridgehead atoms. The zero-order valence-electron chi connectivity index (χ0n) is 13.0. The molecule has 1 aromatic rings. The van der Waals surface area contributed by atoms with Crippen molar-refractivity contribution in [2.24, 2.45) is 0 Å². The van der Waals surface area contributed by atoms with Crippen LogP contribution in [0.4, 0.5) is 10.1 Å². The largest absolute Gasteiger partial charge is 0.369 e. The van der Waals surface area contributed by atoms with Gasteiger partial charge in [-0.3, -0.25) is 0 Å². The average Bonchev–Trinajstić information content (AvgIpc) is 2.66. The minimum Gasteiger partial charge on any atom is -0.369 e. The van der Waals surface area contributed by atoms with Gasteiger partial charge in [0, 0.05) is 25.2 Å². The molecule has 1 saturated heterocycles. The molecule has 0 aromatic heterocycles. The summed E-state index contributed by atoms with van der Waals surface area (Å²) >= 11 is 0. The van der Waals surface area contributed by atoms with Gasteiger partial charge in [0.2, 0.25) is 0 Å². The Labute approximate surface area is 122 Å². The number of halogens is 1. The fourth-order valence-corrected chi connectivity index (χ4v) is 2.96. The number of anilines is 1. The van der Waals surface area contributed by atoms with Gasteiger partial charge in [-0.25, -0.2) is 4.39 Å². The molecule has 1 aromatic carbocycles. The summed E-state index contributed by atoms with van der Waals surface area (Å²) in [6, 6.07) is 6.29. The van der Waals surface area contributed by atoms with Crippen LogP contribution in [-0.2, 0) is 0 Å². The predicted octanol–water partition coefficient (Wildman–Crippen LogP) is 4.27. The minimum absolute atomic E-state index is 0.0817. The second-order valence-electron chi connectivity index (χ2n) is 6.16. The first-order chi connectivity index (χ1) is 9.58. The van der Waals surface area contributed by atoms with E-state index in [1.54, 1.807) is 6.07 Å². The Morgan fingerprint density at radius 3 is 2.25 bits per heavy atom. The highest BCUT2D eigenvalue weighted by Crippen LogP contribution is 2.26. The summed E-state index contributed by atoms with van der Waals surface area (Å²) < 4.78 is 14.4. The van der Waals surface area contributed by atoms with Gasteiger partial charge in [-0.15, -0.1) is 0 Å². The van der Waals surface area contributed by atoms with Crippen molar-refractivity contribution < 1.29 is 4.39 Å². The Hall–Kier alpha value is -1.09. The Kier molecular flexibility index (Phi) is 5.41. The summed E-state index contributed by atoms with van der Waals surface area (Å²) in [5, 5.41) is 3.41. The SMILES string of the molecule is CC(C)N[C@H](C)c1ccc(N2CCCCCC2)c(F)c1. The Bertz CT molecular complexity index is 423. The molecule has 1 heterocycles. The third kappa shape index (κ3) is 3.95. The summed E-state index contributed by atoms with van der Waals surface area (Å²) in [7, 11) is 0. The number of nitrogens with one attached hydrogen (secondary N) is 1. The van der Waals surface area contributed by atoms with E-state index in [2.05, 4.69) is 37.1 Å². The predicted molar refractivity (Wildman–Crippen MR) is 83.8 cm³/mol. The van der Waals surface area contributed by atoms with Crippen molar-refractivity contribution >= 4 is 5.69 Å². The monoisotopic (exact) mass is 278 g/mol. The van der Waals surface area contributed by atoms with E-state index in [1.807, 2.05) is 6.07 Å². The highest BCUT2D eigenvalue weighted by molar-refractivity contribution is 5.49. The van der Waals surface area contributed by atoms with E-state index >= 15 is 0 Å². The lowest BCUT2D eigenvalue weighted by Crippen LogP contribution is -2.27. The normalized spacial score (nSPS) is 18.1. The zero-order chi connectivity index (χ0) is 14.5. The van der Waals surface area contributed by atoms with Crippen molar-refractivity contribution in [3.63, 3.8) is 0 Å². The van der Waals surface area contributed by atoms with Crippen molar-refractivity contribution in [3.05, 3.63) is 29.6 Å². The third-order valence-electron chi connectivity index (χ3n) is 4.00. The maximum absolute atomic E-state index is 14.4. The quantitative estimate of drug-likeness (QED) is 0.885. The highest BCUT2D eigenvalue weighted by atomic mass is 19.1. The molecule has 0 aliphatic carbocycles. The lowest BCUT2D eigenvalue weighted by atomic mass is 10.1. The lowest BCUT2D eigenvalue weighted by molar-refractivity contribution is 0.503. The number of hydrogen-bond acceptors (Lipinski definition) is 2. The summed E-state index contributed by atoms with van der Waals surface area (Å²) in [5.74, 6) is -0.0817. The highest BCUT2D eigenvalue weighted by Gasteiger charge is 2.15. The molecule has 2 nitrogen and oxygen atoms in total. The minimum atomic E-state index is -0.0817.